The second kappa shape index (κ2) is 3.39. The Morgan fingerprint density at radius 2 is 2.46 bits per heavy atom. The van der Waals surface area contributed by atoms with E-state index in [2.05, 4.69) is 29.5 Å². The summed E-state index contributed by atoms with van der Waals surface area (Å²) in [5.74, 6) is 0.804. The van der Waals surface area contributed by atoms with Gasteiger partial charge in [0.2, 0.25) is 0 Å². The van der Waals surface area contributed by atoms with E-state index in [1.807, 2.05) is 6.20 Å². The Balaban J connectivity index is 2.22. The number of aromatic nitrogens is 1. The molecular formula is C10H16N2S. The zero-order chi connectivity index (χ0) is 9.31. The van der Waals surface area contributed by atoms with Gasteiger partial charge in [0.25, 0.3) is 0 Å². The van der Waals surface area contributed by atoms with E-state index in [0.717, 1.165) is 12.5 Å². The molecular weight excluding hydrogens is 180 g/mol. The van der Waals surface area contributed by atoms with Crippen LogP contribution in [0.1, 0.15) is 31.7 Å². The number of nitrogens with zero attached hydrogens (tertiary/aromatic N) is 1. The lowest BCUT2D eigenvalue weighted by Crippen LogP contribution is -2.41. The third-order valence-electron chi connectivity index (χ3n) is 2.81. The first-order valence-electron chi connectivity index (χ1n) is 4.92. The van der Waals surface area contributed by atoms with Gasteiger partial charge in [-0.25, -0.2) is 4.98 Å². The minimum absolute atomic E-state index is 0.142. The van der Waals surface area contributed by atoms with Gasteiger partial charge in [0.05, 0.1) is 5.54 Å². The van der Waals surface area contributed by atoms with Crippen LogP contribution in [0.15, 0.2) is 11.6 Å². The number of hydrogen-bond donors (Lipinski definition) is 1. The molecule has 1 heterocycles. The van der Waals surface area contributed by atoms with Gasteiger partial charge in [-0.05, 0) is 32.2 Å². The van der Waals surface area contributed by atoms with Crippen LogP contribution in [0.5, 0.6) is 0 Å². The molecule has 0 saturated heterocycles. The summed E-state index contributed by atoms with van der Waals surface area (Å²) in [6, 6.07) is 0. The molecule has 0 radical (unpaired) electrons. The van der Waals surface area contributed by atoms with Crippen LogP contribution in [-0.2, 0) is 5.54 Å². The smallest absolute Gasteiger partial charge is 0.113 e. The monoisotopic (exact) mass is 196 g/mol. The van der Waals surface area contributed by atoms with E-state index in [-0.39, 0.29) is 5.54 Å². The number of nitrogens with one attached hydrogen (secondary N) is 1. The van der Waals surface area contributed by atoms with E-state index in [0.29, 0.717) is 0 Å². The molecule has 1 atom stereocenters. The second-order valence-corrected chi connectivity index (χ2v) is 4.74. The highest BCUT2D eigenvalue weighted by Crippen LogP contribution is 2.45. The van der Waals surface area contributed by atoms with Crippen molar-refractivity contribution in [3.05, 3.63) is 16.6 Å². The summed E-state index contributed by atoms with van der Waals surface area (Å²) in [5.41, 5.74) is 0.142. The summed E-state index contributed by atoms with van der Waals surface area (Å²) < 4.78 is 0. The molecule has 2 rings (SSSR count). The van der Waals surface area contributed by atoms with Crippen LogP contribution in [0.3, 0.4) is 0 Å². The Morgan fingerprint density at radius 1 is 1.69 bits per heavy atom. The molecule has 1 saturated carbocycles. The maximum absolute atomic E-state index is 4.42. The topological polar surface area (TPSA) is 24.9 Å². The van der Waals surface area contributed by atoms with E-state index >= 15 is 0 Å². The van der Waals surface area contributed by atoms with Gasteiger partial charge in [-0.15, -0.1) is 11.3 Å². The fourth-order valence-corrected chi connectivity index (χ4v) is 2.76. The molecule has 1 unspecified atom stereocenters. The van der Waals surface area contributed by atoms with Crippen LogP contribution in [0.4, 0.5) is 0 Å². The predicted octanol–water partition coefficient (Wildman–Crippen LogP) is 2.38. The zero-order valence-corrected chi connectivity index (χ0v) is 9.03. The van der Waals surface area contributed by atoms with Crippen molar-refractivity contribution in [1.82, 2.24) is 10.3 Å². The first kappa shape index (κ1) is 9.16. The normalized spacial score (nSPS) is 21.4. The molecule has 72 valence electrons. The summed E-state index contributed by atoms with van der Waals surface area (Å²) in [7, 11) is 0. The Morgan fingerprint density at radius 3 is 2.92 bits per heavy atom. The second-order valence-electron chi connectivity index (χ2n) is 3.84. The van der Waals surface area contributed by atoms with Crippen LogP contribution in [0, 0.1) is 5.92 Å². The van der Waals surface area contributed by atoms with Crippen molar-refractivity contribution >= 4 is 11.3 Å². The lowest BCUT2D eigenvalue weighted by atomic mass is 9.97. The molecule has 1 aliphatic rings. The summed E-state index contributed by atoms with van der Waals surface area (Å²) in [4.78, 5) is 4.42. The third-order valence-corrected chi connectivity index (χ3v) is 3.82. The Labute approximate surface area is 83.4 Å². The van der Waals surface area contributed by atoms with Crippen LogP contribution in [0.25, 0.3) is 0 Å². The van der Waals surface area contributed by atoms with Crippen molar-refractivity contribution in [3.8, 4) is 0 Å². The van der Waals surface area contributed by atoms with E-state index in [9.17, 15) is 0 Å². The molecule has 3 heteroatoms. The van der Waals surface area contributed by atoms with Crippen LogP contribution in [0.2, 0.25) is 0 Å². The summed E-state index contributed by atoms with van der Waals surface area (Å²) in [6.45, 7) is 5.47. The quantitative estimate of drug-likeness (QED) is 0.799. The summed E-state index contributed by atoms with van der Waals surface area (Å²) in [5, 5.41) is 6.88. The minimum atomic E-state index is 0.142. The van der Waals surface area contributed by atoms with Gasteiger partial charge in [0.15, 0.2) is 0 Å². The molecule has 2 nitrogen and oxygen atoms in total. The largest absolute Gasteiger partial charge is 0.306 e. The highest BCUT2D eigenvalue weighted by Gasteiger charge is 2.43. The molecule has 0 spiro atoms. The van der Waals surface area contributed by atoms with Gasteiger partial charge in [-0.2, -0.15) is 0 Å². The zero-order valence-electron chi connectivity index (χ0n) is 8.21. The molecule has 1 aromatic heterocycles. The van der Waals surface area contributed by atoms with E-state index in [4.69, 9.17) is 0 Å². The average Bonchev–Trinajstić information content (AvgIpc) is 2.82. The first-order chi connectivity index (χ1) is 6.27. The fraction of sp³-hybridized carbons (Fsp3) is 0.700. The van der Waals surface area contributed by atoms with Gasteiger partial charge < -0.3 is 5.32 Å². The van der Waals surface area contributed by atoms with Crippen molar-refractivity contribution < 1.29 is 0 Å². The van der Waals surface area contributed by atoms with Crippen molar-refractivity contribution in [1.29, 1.82) is 0 Å². The standard InChI is InChI=1S/C10H16N2S/c1-3-12-10(2,8-4-5-8)9-11-6-7-13-9/h6-8,12H,3-5H2,1-2H3. The highest BCUT2D eigenvalue weighted by atomic mass is 32.1. The molecule has 1 fully saturated rings. The molecule has 0 aromatic carbocycles. The average molecular weight is 196 g/mol. The molecule has 1 N–H and O–H groups in total. The number of rotatable bonds is 4. The lowest BCUT2D eigenvalue weighted by Gasteiger charge is -2.28. The van der Waals surface area contributed by atoms with Gasteiger partial charge in [0, 0.05) is 11.6 Å². The molecule has 13 heavy (non-hydrogen) atoms. The number of hydrogen-bond acceptors (Lipinski definition) is 3. The maximum atomic E-state index is 4.42. The van der Waals surface area contributed by atoms with Crippen LogP contribution >= 0.6 is 11.3 Å². The van der Waals surface area contributed by atoms with Gasteiger partial charge >= 0.3 is 0 Å². The Hall–Kier alpha value is -0.410. The van der Waals surface area contributed by atoms with Gasteiger partial charge in [0.1, 0.15) is 5.01 Å². The fourth-order valence-electron chi connectivity index (χ4n) is 1.90. The van der Waals surface area contributed by atoms with Crippen LogP contribution < -0.4 is 5.32 Å². The third kappa shape index (κ3) is 1.63. The first-order valence-corrected chi connectivity index (χ1v) is 5.80. The molecule has 1 aromatic rings. The van der Waals surface area contributed by atoms with Gasteiger partial charge in [-0.3, -0.25) is 0 Å². The van der Waals surface area contributed by atoms with E-state index in [1.165, 1.54) is 17.8 Å². The van der Waals surface area contributed by atoms with Crippen LogP contribution in [-0.4, -0.2) is 11.5 Å². The van der Waals surface area contributed by atoms with Crippen molar-refractivity contribution in [3.63, 3.8) is 0 Å². The Bertz CT molecular complexity index is 266. The molecule has 1 aliphatic carbocycles. The summed E-state index contributed by atoms with van der Waals surface area (Å²) in [6.07, 6.45) is 4.60. The SMILES string of the molecule is CCNC(C)(c1nccs1)C1CC1. The maximum Gasteiger partial charge on any atom is 0.113 e. The molecule has 0 amide bonds. The minimum Gasteiger partial charge on any atom is -0.306 e. The van der Waals surface area contributed by atoms with Crippen molar-refractivity contribution in [2.45, 2.75) is 32.2 Å². The van der Waals surface area contributed by atoms with Gasteiger partial charge in [-0.1, -0.05) is 6.92 Å². The highest BCUT2D eigenvalue weighted by molar-refractivity contribution is 7.09. The lowest BCUT2D eigenvalue weighted by molar-refractivity contribution is 0.325. The molecule has 0 bridgehead atoms. The van der Waals surface area contributed by atoms with Crippen molar-refractivity contribution in [2.24, 2.45) is 5.92 Å². The summed E-state index contributed by atoms with van der Waals surface area (Å²) >= 11 is 1.76. The predicted molar refractivity (Wildman–Crippen MR) is 55.9 cm³/mol. The van der Waals surface area contributed by atoms with E-state index in [1.54, 1.807) is 11.3 Å². The van der Waals surface area contributed by atoms with Crippen molar-refractivity contribution in [2.75, 3.05) is 6.54 Å². The number of thiazole rings is 1. The Kier molecular flexibility index (Phi) is 2.39. The van der Waals surface area contributed by atoms with E-state index < -0.39 is 0 Å². The molecule has 0 aliphatic heterocycles.